The van der Waals surface area contributed by atoms with Gasteiger partial charge in [-0.1, -0.05) is 33.6 Å². The van der Waals surface area contributed by atoms with Crippen LogP contribution in [0.15, 0.2) is 0 Å². The Labute approximate surface area is 106 Å². The monoisotopic (exact) mass is 242 g/mol. The van der Waals surface area contributed by atoms with Crippen LogP contribution in [0.3, 0.4) is 0 Å². The number of aliphatic hydroxyl groups excluding tert-OH is 1. The van der Waals surface area contributed by atoms with Crippen molar-refractivity contribution in [3.63, 3.8) is 0 Å². The Hall–Kier alpha value is -0.120. The average molecular weight is 242 g/mol. The van der Waals surface area contributed by atoms with Gasteiger partial charge in [-0.25, -0.2) is 0 Å². The SMILES string of the molecule is CCN(CC(C)CO)C1(CN)CCCC(C)C1. The van der Waals surface area contributed by atoms with Gasteiger partial charge in [-0.2, -0.15) is 0 Å². The molecule has 1 fully saturated rings. The molecule has 0 amide bonds. The molecular formula is C14H30N2O. The Kier molecular flexibility index (Phi) is 5.90. The zero-order valence-corrected chi connectivity index (χ0v) is 11.8. The molecule has 0 heterocycles. The molecule has 3 heteroatoms. The molecule has 0 aromatic heterocycles. The summed E-state index contributed by atoms with van der Waals surface area (Å²) in [6.07, 6.45) is 5.08. The van der Waals surface area contributed by atoms with Gasteiger partial charge in [0, 0.05) is 25.2 Å². The van der Waals surface area contributed by atoms with E-state index in [0.717, 1.165) is 25.6 Å². The fourth-order valence-corrected chi connectivity index (χ4v) is 3.33. The summed E-state index contributed by atoms with van der Waals surface area (Å²) in [6.45, 7) is 9.69. The number of nitrogens with two attached hydrogens (primary N) is 1. The van der Waals surface area contributed by atoms with Crippen LogP contribution in [0, 0.1) is 11.8 Å². The fourth-order valence-electron chi connectivity index (χ4n) is 3.33. The second kappa shape index (κ2) is 6.72. The predicted molar refractivity (Wildman–Crippen MR) is 72.9 cm³/mol. The molecule has 0 aromatic carbocycles. The minimum absolute atomic E-state index is 0.190. The lowest BCUT2D eigenvalue weighted by atomic mass is 9.75. The van der Waals surface area contributed by atoms with Gasteiger partial charge in [0.05, 0.1) is 0 Å². The molecule has 0 bridgehead atoms. The van der Waals surface area contributed by atoms with Gasteiger partial charge in [0.1, 0.15) is 0 Å². The quantitative estimate of drug-likeness (QED) is 0.747. The molecule has 102 valence electrons. The zero-order chi connectivity index (χ0) is 12.9. The number of likely N-dealkylation sites (N-methyl/N-ethyl adjacent to an activating group) is 1. The zero-order valence-electron chi connectivity index (χ0n) is 11.8. The van der Waals surface area contributed by atoms with Crippen molar-refractivity contribution >= 4 is 0 Å². The largest absolute Gasteiger partial charge is 0.396 e. The molecule has 0 aliphatic heterocycles. The Morgan fingerprint density at radius 1 is 1.53 bits per heavy atom. The van der Waals surface area contributed by atoms with Gasteiger partial charge in [0.15, 0.2) is 0 Å². The third kappa shape index (κ3) is 3.67. The van der Waals surface area contributed by atoms with Crippen molar-refractivity contribution in [3.05, 3.63) is 0 Å². The molecule has 1 rings (SSSR count). The number of hydrogen-bond acceptors (Lipinski definition) is 3. The third-order valence-electron chi connectivity index (χ3n) is 4.34. The van der Waals surface area contributed by atoms with Crippen LogP contribution < -0.4 is 5.73 Å². The van der Waals surface area contributed by atoms with E-state index < -0.39 is 0 Å². The molecule has 0 spiro atoms. The van der Waals surface area contributed by atoms with Gasteiger partial charge in [0.2, 0.25) is 0 Å². The maximum absolute atomic E-state index is 9.23. The molecule has 17 heavy (non-hydrogen) atoms. The molecule has 3 N–H and O–H groups in total. The molecule has 3 nitrogen and oxygen atoms in total. The second-order valence-electron chi connectivity index (χ2n) is 5.96. The average Bonchev–Trinajstić information content (AvgIpc) is 2.35. The van der Waals surface area contributed by atoms with Gasteiger partial charge in [-0.15, -0.1) is 0 Å². The summed E-state index contributed by atoms with van der Waals surface area (Å²) in [4.78, 5) is 2.52. The lowest BCUT2D eigenvalue weighted by Crippen LogP contribution is -2.57. The summed E-state index contributed by atoms with van der Waals surface area (Å²) in [5.41, 5.74) is 6.28. The summed E-state index contributed by atoms with van der Waals surface area (Å²) in [7, 11) is 0. The van der Waals surface area contributed by atoms with E-state index in [0.29, 0.717) is 5.92 Å². The van der Waals surface area contributed by atoms with Crippen LogP contribution in [0.4, 0.5) is 0 Å². The molecule has 0 saturated heterocycles. The molecule has 0 radical (unpaired) electrons. The van der Waals surface area contributed by atoms with E-state index in [1.807, 2.05) is 0 Å². The van der Waals surface area contributed by atoms with E-state index in [1.54, 1.807) is 0 Å². The number of nitrogens with zero attached hydrogens (tertiary/aromatic N) is 1. The van der Waals surface area contributed by atoms with Crippen molar-refractivity contribution in [3.8, 4) is 0 Å². The molecule has 1 saturated carbocycles. The third-order valence-corrected chi connectivity index (χ3v) is 4.34. The molecule has 1 aliphatic rings. The molecule has 0 aromatic rings. The van der Waals surface area contributed by atoms with Crippen molar-refractivity contribution in [2.45, 2.75) is 52.0 Å². The van der Waals surface area contributed by atoms with Crippen molar-refractivity contribution in [2.75, 3.05) is 26.2 Å². The van der Waals surface area contributed by atoms with Gasteiger partial charge >= 0.3 is 0 Å². The van der Waals surface area contributed by atoms with Crippen LogP contribution in [0.2, 0.25) is 0 Å². The molecule has 3 unspecified atom stereocenters. The lowest BCUT2D eigenvalue weighted by molar-refractivity contribution is 0.0254. The van der Waals surface area contributed by atoms with Gasteiger partial charge < -0.3 is 10.8 Å². The molecule has 3 atom stereocenters. The maximum Gasteiger partial charge on any atom is 0.0468 e. The first-order valence-corrected chi connectivity index (χ1v) is 7.14. The van der Waals surface area contributed by atoms with Gasteiger partial charge in [0.25, 0.3) is 0 Å². The highest BCUT2D eigenvalue weighted by atomic mass is 16.3. The van der Waals surface area contributed by atoms with Crippen LogP contribution in [-0.2, 0) is 0 Å². The van der Waals surface area contributed by atoms with Gasteiger partial charge in [-0.3, -0.25) is 4.90 Å². The van der Waals surface area contributed by atoms with Crippen LogP contribution in [-0.4, -0.2) is 41.8 Å². The smallest absolute Gasteiger partial charge is 0.0468 e. The van der Waals surface area contributed by atoms with E-state index in [4.69, 9.17) is 5.73 Å². The maximum atomic E-state index is 9.23. The van der Waals surface area contributed by atoms with Gasteiger partial charge in [-0.05, 0) is 31.2 Å². The number of rotatable bonds is 6. The first kappa shape index (κ1) is 14.9. The number of aliphatic hydroxyl groups is 1. The lowest BCUT2D eigenvalue weighted by Gasteiger charge is -2.48. The number of hydrogen-bond donors (Lipinski definition) is 2. The second-order valence-corrected chi connectivity index (χ2v) is 5.96. The first-order chi connectivity index (χ1) is 8.07. The predicted octanol–water partition coefficient (Wildman–Crippen LogP) is 1.84. The topological polar surface area (TPSA) is 49.5 Å². The van der Waals surface area contributed by atoms with E-state index in [1.165, 1.54) is 25.7 Å². The van der Waals surface area contributed by atoms with Crippen LogP contribution in [0.5, 0.6) is 0 Å². The van der Waals surface area contributed by atoms with Crippen LogP contribution in [0.1, 0.15) is 46.5 Å². The highest BCUT2D eigenvalue weighted by molar-refractivity contribution is 4.96. The van der Waals surface area contributed by atoms with Crippen molar-refractivity contribution < 1.29 is 5.11 Å². The normalized spacial score (nSPS) is 31.8. The van der Waals surface area contributed by atoms with E-state index >= 15 is 0 Å². The summed E-state index contributed by atoms with van der Waals surface area (Å²) in [5, 5.41) is 9.23. The highest BCUT2D eigenvalue weighted by Crippen LogP contribution is 2.36. The Morgan fingerprint density at radius 2 is 2.24 bits per heavy atom. The Balaban J connectivity index is 2.73. The van der Waals surface area contributed by atoms with E-state index in [2.05, 4.69) is 25.7 Å². The summed E-state index contributed by atoms with van der Waals surface area (Å²) in [5.74, 6) is 1.13. The van der Waals surface area contributed by atoms with Crippen LogP contribution >= 0.6 is 0 Å². The van der Waals surface area contributed by atoms with E-state index in [-0.39, 0.29) is 12.1 Å². The minimum Gasteiger partial charge on any atom is -0.396 e. The molecular weight excluding hydrogens is 212 g/mol. The fraction of sp³-hybridized carbons (Fsp3) is 1.00. The van der Waals surface area contributed by atoms with Crippen LogP contribution in [0.25, 0.3) is 0 Å². The van der Waals surface area contributed by atoms with Crippen molar-refractivity contribution in [2.24, 2.45) is 17.6 Å². The van der Waals surface area contributed by atoms with Crippen molar-refractivity contribution in [1.29, 1.82) is 0 Å². The summed E-state index contributed by atoms with van der Waals surface area (Å²) >= 11 is 0. The standard InChI is InChI=1S/C14H30N2O/c1-4-16(9-13(3)10-17)14(11-15)7-5-6-12(2)8-14/h12-13,17H,4-11,15H2,1-3H3. The minimum atomic E-state index is 0.190. The van der Waals surface area contributed by atoms with E-state index in [9.17, 15) is 5.11 Å². The Bertz CT molecular complexity index is 222. The highest BCUT2D eigenvalue weighted by Gasteiger charge is 2.38. The summed E-state index contributed by atoms with van der Waals surface area (Å²) < 4.78 is 0. The Morgan fingerprint density at radius 3 is 2.71 bits per heavy atom. The molecule has 1 aliphatic carbocycles. The van der Waals surface area contributed by atoms with Crippen molar-refractivity contribution in [1.82, 2.24) is 4.90 Å². The summed E-state index contributed by atoms with van der Waals surface area (Å²) in [6, 6.07) is 0. The first-order valence-electron chi connectivity index (χ1n) is 7.14.